The highest BCUT2D eigenvalue weighted by Crippen LogP contribution is 2.42. The van der Waals surface area contributed by atoms with Gasteiger partial charge in [-0.2, -0.15) is 0 Å². The van der Waals surface area contributed by atoms with Crippen LogP contribution < -0.4 is 14.8 Å². The second kappa shape index (κ2) is 8.34. The second-order valence-corrected chi connectivity index (χ2v) is 9.14. The van der Waals surface area contributed by atoms with Crippen LogP contribution in [0.5, 0.6) is 11.5 Å². The molecule has 0 bridgehead atoms. The third kappa shape index (κ3) is 4.36. The number of anilines is 1. The predicted molar refractivity (Wildman–Crippen MR) is 130 cm³/mol. The Morgan fingerprint density at radius 1 is 0.906 bits per heavy atom. The van der Waals surface area contributed by atoms with Gasteiger partial charge >= 0.3 is 0 Å². The monoisotopic (exact) mass is 431 g/mol. The molecule has 0 atom stereocenters. The molecular weight excluding hydrogens is 401 g/mol. The fraction of sp³-hybridized carbons (Fsp3) is 0.286. The lowest BCUT2D eigenvalue weighted by Crippen LogP contribution is -2.32. The number of methoxy groups -OCH3 is 1. The standard InChI is InChI=1S/C28H30FNO2/c1-17-11-18(2)13-21(12-17)32-16-24-22(23-8-7-20(29)14-26(23)31-6)9-10-25-27(24)19(3)15-28(4,5)30-25/h7-15,30H,16H2,1-6H3. The molecule has 3 aromatic rings. The number of aryl methyl sites for hydroxylation is 2. The molecule has 0 amide bonds. The van der Waals surface area contributed by atoms with E-state index in [9.17, 15) is 4.39 Å². The first-order valence-electron chi connectivity index (χ1n) is 10.9. The summed E-state index contributed by atoms with van der Waals surface area (Å²) in [6, 6.07) is 15.0. The van der Waals surface area contributed by atoms with Gasteiger partial charge in [0.25, 0.3) is 0 Å². The summed E-state index contributed by atoms with van der Waals surface area (Å²) < 4.78 is 25.7. The number of rotatable bonds is 5. The molecule has 0 spiro atoms. The van der Waals surface area contributed by atoms with E-state index in [4.69, 9.17) is 9.47 Å². The summed E-state index contributed by atoms with van der Waals surface area (Å²) in [4.78, 5) is 0. The number of hydrogen-bond acceptors (Lipinski definition) is 3. The van der Waals surface area contributed by atoms with Gasteiger partial charge in [0.2, 0.25) is 0 Å². The van der Waals surface area contributed by atoms with Crippen molar-refractivity contribution in [2.24, 2.45) is 0 Å². The van der Waals surface area contributed by atoms with Crippen molar-refractivity contribution < 1.29 is 13.9 Å². The Hall–Kier alpha value is -3.27. The van der Waals surface area contributed by atoms with Gasteiger partial charge in [-0.15, -0.1) is 0 Å². The van der Waals surface area contributed by atoms with E-state index in [-0.39, 0.29) is 11.4 Å². The van der Waals surface area contributed by atoms with Crippen LogP contribution in [0.2, 0.25) is 0 Å². The Balaban J connectivity index is 1.87. The third-order valence-electron chi connectivity index (χ3n) is 5.77. The molecule has 0 saturated heterocycles. The van der Waals surface area contributed by atoms with Crippen LogP contribution in [-0.4, -0.2) is 12.6 Å². The quantitative estimate of drug-likeness (QED) is 0.460. The van der Waals surface area contributed by atoms with Crippen LogP contribution in [0.4, 0.5) is 10.1 Å². The maximum Gasteiger partial charge on any atom is 0.129 e. The zero-order valence-electron chi connectivity index (χ0n) is 19.6. The predicted octanol–water partition coefficient (Wildman–Crippen LogP) is 7.30. The van der Waals surface area contributed by atoms with Crippen molar-refractivity contribution in [3.63, 3.8) is 0 Å². The number of ether oxygens (including phenoxy) is 2. The van der Waals surface area contributed by atoms with Crippen molar-refractivity contribution >= 4 is 11.3 Å². The molecule has 1 heterocycles. The molecule has 0 fully saturated rings. The molecular formula is C28H30FNO2. The van der Waals surface area contributed by atoms with Crippen molar-refractivity contribution in [1.82, 2.24) is 0 Å². The lowest BCUT2D eigenvalue weighted by atomic mass is 9.85. The summed E-state index contributed by atoms with van der Waals surface area (Å²) in [5, 5.41) is 3.62. The van der Waals surface area contributed by atoms with E-state index in [1.54, 1.807) is 13.2 Å². The van der Waals surface area contributed by atoms with Crippen LogP contribution in [0.3, 0.4) is 0 Å². The molecule has 166 valence electrons. The maximum absolute atomic E-state index is 13.9. The van der Waals surface area contributed by atoms with E-state index < -0.39 is 0 Å². The first kappa shape index (κ1) is 21.9. The highest BCUT2D eigenvalue weighted by atomic mass is 19.1. The highest BCUT2D eigenvalue weighted by Gasteiger charge is 2.27. The van der Waals surface area contributed by atoms with Crippen LogP contribution in [0.15, 0.2) is 54.6 Å². The fourth-order valence-corrected chi connectivity index (χ4v) is 4.66. The Morgan fingerprint density at radius 3 is 2.28 bits per heavy atom. The van der Waals surface area contributed by atoms with Crippen LogP contribution in [0, 0.1) is 19.7 Å². The number of benzene rings is 3. The first-order chi connectivity index (χ1) is 15.2. The van der Waals surface area contributed by atoms with Gasteiger partial charge in [0.15, 0.2) is 0 Å². The number of allylic oxidation sites excluding steroid dienone is 1. The zero-order valence-corrected chi connectivity index (χ0v) is 19.6. The molecule has 3 aromatic carbocycles. The molecule has 4 rings (SSSR count). The number of fused-ring (bicyclic) bond motifs is 1. The van der Waals surface area contributed by atoms with Gasteiger partial charge in [0.05, 0.1) is 12.6 Å². The summed E-state index contributed by atoms with van der Waals surface area (Å²) in [7, 11) is 1.57. The van der Waals surface area contributed by atoms with Gasteiger partial charge in [0.1, 0.15) is 23.9 Å². The molecule has 1 aliphatic rings. The van der Waals surface area contributed by atoms with Crippen LogP contribution in [-0.2, 0) is 6.61 Å². The van der Waals surface area contributed by atoms with Gasteiger partial charge in [-0.1, -0.05) is 18.2 Å². The molecule has 0 aliphatic carbocycles. The summed E-state index contributed by atoms with van der Waals surface area (Å²) in [6.07, 6.45) is 2.24. The molecule has 0 unspecified atom stereocenters. The second-order valence-electron chi connectivity index (χ2n) is 9.14. The summed E-state index contributed by atoms with van der Waals surface area (Å²) in [5.74, 6) is 1.02. The van der Waals surface area contributed by atoms with E-state index in [1.165, 1.54) is 17.7 Å². The number of halogens is 1. The lowest BCUT2D eigenvalue weighted by molar-refractivity contribution is 0.306. The van der Waals surface area contributed by atoms with Crippen LogP contribution >= 0.6 is 0 Å². The minimum atomic E-state index is -0.323. The molecule has 32 heavy (non-hydrogen) atoms. The van der Waals surface area contributed by atoms with Gasteiger partial charge < -0.3 is 14.8 Å². The topological polar surface area (TPSA) is 30.5 Å². The van der Waals surface area contributed by atoms with E-state index in [0.717, 1.165) is 44.8 Å². The van der Waals surface area contributed by atoms with E-state index in [1.807, 2.05) is 12.1 Å². The summed E-state index contributed by atoms with van der Waals surface area (Å²) in [5.41, 5.74) is 8.42. The largest absolute Gasteiger partial charge is 0.496 e. The molecule has 0 saturated carbocycles. The Kier molecular flexibility index (Phi) is 5.72. The molecule has 1 aliphatic heterocycles. The number of hydrogen-bond donors (Lipinski definition) is 1. The molecule has 0 aromatic heterocycles. The Labute approximate surface area is 189 Å². The summed E-state index contributed by atoms with van der Waals surface area (Å²) in [6.45, 7) is 11.0. The van der Waals surface area contributed by atoms with Gasteiger partial charge in [-0.05, 0) is 87.2 Å². The SMILES string of the molecule is COc1cc(F)ccc1-c1ccc2c(c1COc1cc(C)cc(C)c1)C(C)=CC(C)(C)N2. The molecule has 0 radical (unpaired) electrons. The smallest absolute Gasteiger partial charge is 0.129 e. The Morgan fingerprint density at radius 2 is 1.59 bits per heavy atom. The minimum absolute atomic E-state index is 0.141. The van der Waals surface area contributed by atoms with E-state index in [0.29, 0.717) is 12.4 Å². The van der Waals surface area contributed by atoms with Crippen LogP contribution in [0.1, 0.15) is 43.0 Å². The fourth-order valence-electron chi connectivity index (χ4n) is 4.66. The van der Waals surface area contributed by atoms with E-state index >= 15 is 0 Å². The average molecular weight is 432 g/mol. The van der Waals surface area contributed by atoms with Crippen LogP contribution in [0.25, 0.3) is 16.7 Å². The van der Waals surface area contributed by atoms with Gasteiger partial charge in [0, 0.05) is 28.4 Å². The maximum atomic E-state index is 13.9. The van der Waals surface area contributed by atoms with Crippen molar-refractivity contribution in [2.75, 3.05) is 12.4 Å². The minimum Gasteiger partial charge on any atom is -0.496 e. The normalized spacial score (nSPS) is 14.3. The van der Waals surface area contributed by atoms with Gasteiger partial charge in [-0.25, -0.2) is 4.39 Å². The molecule has 1 N–H and O–H groups in total. The third-order valence-corrected chi connectivity index (χ3v) is 5.77. The summed E-state index contributed by atoms with van der Waals surface area (Å²) >= 11 is 0. The molecule has 3 nitrogen and oxygen atoms in total. The lowest BCUT2D eigenvalue weighted by Gasteiger charge is -2.33. The Bertz CT molecular complexity index is 1190. The van der Waals surface area contributed by atoms with Crippen molar-refractivity contribution in [3.8, 4) is 22.6 Å². The van der Waals surface area contributed by atoms with E-state index in [2.05, 4.69) is 64.2 Å². The highest BCUT2D eigenvalue weighted by molar-refractivity contribution is 5.88. The van der Waals surface area contributed by atoms with Crippen molar-refractivity contribution in [1.29, 1.82) is 0 Å². The average Bonchev–Trinajstić information content (AvgIpc) is 2.70. The number of nitrogens with one attached hydrogen (secondary N) is 1. The van der Waals surface area contributed by atoms with Crippen molar-refractivity contribution in [3.05, 3.63) is 82.7 Å². The first-order valence-corrected chi connectivity index (χ1v) is 10.9. The van der Waals surface area contributed by atoms with Crippen molar-refractivity contribution in [2.45, 2.75) is 46.8 Å². The molecule has 4 heteroatoms. The zero-order chi connectivity index (χ0) is 23.0. The van der Waals surface area contributed by atoms with Gasteiger partial charge in [-0.3, -0.25) is 0 Å².